The van der Waals surface area contributed by atoms with Crippen molar-refractivity contribution in [1.82, 2.24) is 10.3 Å². The van der Waals surface area contributed by atoms with Crippen LogP contribution in [0.2, 0.25) is 0 Å². The van der Waals surface area contributed by atoms with Crippen molar-refractivity contribution in [2.75, 3.05) is 5.75 Å². The highest BCUT2D eigenvalue weighted by Crippen LogP contribution is 2.06. The van der Waals surface area contributed by atoms with Gasteiger partial charge in [-0.1, -0.05) is 46.0 Å². The van der Waals surface area contributed by atoms with Gasteiger partial charge in [-0.3, -0.25) is 10.2 Å². The largest absolute Gasteiger partial charge is 0.278 e. The topological polar surface area (TPSA) is 75.3 Å². The fourth-order valence-electron chi connectivity index (χ4n) is 1.58. The first-order valence-electron chi connectivity index (χ1n) is 6.80. The Kier molecular flexibility index (Phi) is 9.96. The van der Waals surface area contributed by atoms with Crippen molar-refractivity contribution >= 4 is 15.9 Å². The second-order valence-electron chi connectivity index (χ2n) is 4.49. The molecule has 0 rings (SSSR count). The maximum atomic E-state index is 11.3. The van der Waals surface area contributed by atoms with Gasteiger partial charge < -0.3 is 0 Å². The molecule has 5 nitrogen and oxygen atoms in total. The lowest BCUT2D eigenvalue weighted by Gasteiger charge is -2.07. The zero-order valence-electron chi connectivity index (χ0n) is 11.5. The third-order valence-corrected chi connectivity index (χ3v) is 3.93. The molecule has 0 aromatic heterocycles. The normalized spacial score (nSPS) is 11.4. The van der Waals surface area contributed by atoms with Crippen molar-refractivity contribution in [2.45, 2.75) is 65.2 Å². The molecule has 0 aromatic carbocycles. The van der Waals surface area contributed by atoms with Crippen molar-refractivity contribution in [3.05, 3.63) is 0 Å². The van der Waals surface area contributed by atoms with Crippen LogP contribution in [-0.2, 0) is 14.8 Å². The number of amides is 1. The number of rotatable bonds is 11. The molecular formula is C12H26N2O3S. The lowest BCUT2D eigenvalue weighted by atomic mass is 10.1. The second kappa shape index (κ2) is 10.3. The predicted octanol–water partition coefficient (Wildman–Crippen LogP) is 2.10. The van der Waals surface area contributed by atoms with Gasteiger partial charge in [0.15, 0.2) is 0 Å². The van der Waals surface area contributed by atoms with Crippen LogP contribution in [-0.4, -0.2) is 20.1 Å². The summed E-state index contributed by atoms with van der Waals surface area (Å²) >= 11 is 0. The van der Waals surface area contributed by atoms with Gasteiger partial charge in [0.25, 0.3) is 0 Å². The Labute approximate surface area is 111 Å². The number of carbonyl (C=O) groups excluding carboxylic acids is 1. The quantitative estimate of drug-likeness (QED) is 0.449. The van der Waals surface area contributed by atoms with Gasteiger partial charge in [0.2, 0.25) is 15.9 Å². The van der Waals surface area contributed by atoms with E-state index < -0.39 is 10.0 Å². The molecule has 2 N–H and O–H groups in total. The SMILES string of the molecule is CCCCCCCCC(=O)NNS(=O)(=O)CCC. The number of hydrogen-bond acceptors (Lipinski definition) is 3. The van der Waals surface area contributed by atoms with Gasteiger partial charge >= 0.3 is 0 Å². The molecule has 108 valence electrons. The monoisotopic (exact) mass is 278 g/mol. The molecule has 0 aliphatic rings. The summed E-state index contributed by atoms with van der Waals surface area (Å²) in [5.74, 6) is -0.227. The molecule has 0 heterocycles. The van der Waals surface area contributed by atoms with E-state index in [-0.39, 0.29) is 11.7 Å². The molecule has 1 amide bonds. The van der Waals surface area contributed by atoms with Crippen LogP contribution in [0.15, 0.2) is 0 Å². The van der Waals surface area contributed by atoms with Crippen molar-refractivity contribution in [3.63, 3.8) is 0 Å². The van der Waals surface area contributed by atoms with Crippen LogP contribution >= 0.6 is 0 Å². The van der Waals surface area contributed by atoms with Crippen molar-refractivity contribution in [2.24, 2.45) is 0 Å². The van der Waals surface area contributed by atoms with Gasteiger partial charge in [0, 0.05) is 6.42 Å². The van der Waals surface area contributed by atoms with Crippen molar-refractivity contribution in [1.29, 1.82) is 0 Å². The zero-order valence-corrected chi connectivity index (χ0v) is 12.3. The van der Waals surface area contributed by atoms with E-state index in [1.165, 1.54) is 19.3 Å². The Bertz CT molecular complexity index is 315. The Morgan fingerprint density at radius 2 is 1.56 bits per heavy atom. The van der Waals surface area contributed by atoms with Gasteiger partial charge in [-0.05, 0) is 12.8 Å². The van der Waals surface area contributed by atoms with E-state index in [0.717, 1.165) is 19.3 Å². The van der Waals surface area contributed by atoms with E-state index >= 15 is 0 Å². The number of hydrogen-bond donors (Lipinski definition) is 2. The number of carbonyl (C=O) groups is 1. The molecule has 0 atom stereocenters. The summed E-state index contributed by atoms with van der Waals surface area (Å²) in [7, 11) is -3.35. The van der Waals surface area contributed by atoms with Crippen LogP contribution in [0, 0.1) is 0 Å². The third-order valence-electron chi connectivity index (χ3n) is 2.58. The van der Waals surface area contributed by atoms with Crippen LogP contribution in [0.25, 0.3) is 0 Å². The van der Waals surface area contributed by atoms with Gasteiger partial charge in [-0.2, -0.15) is 0 Å². The van der Waals surface area contributed by atoms with E-state index in [1.54, 1.807) is 6.92 Å². The lowest BCUT2D eigenvalue weighted by molar-refractivity contribution is -0.121. The molecular weight excluding hydrogens is 252 g/mol. The Morgan fingerprint density at radius 3 is 2.17 bits per heavy atom. The highest BCUT2D eigenvalue weighted by molar-refractivity contribution is 7.89. The first-order valence-corrected chi connectivity index (χ1v) is 8.45. The Hall–Kier alpha value is -0.620. The standard InChI is InChI=1S/C12H26N2O3S/c1-3-5-6-7-8-9-10-12(15)13-14-18(16,17)11-4-2/h14H,3-11H2,1-2H3,(H,13,15). The minimum absolute atomic E-state index is 0.0320. The van der Waals surface area contributed by atoms with Crippen LogP contribution in [0.4, 0.5) is 0 Å². The van der Waals surface area contributed by atoms with Crippen LogP contribution in [0.3, 0.4) is 0 Å². The molecule has 0 spiro atoms. The van der Waals surface area contributed by atoms with Crippen LogP contribution < -0.4 is 10.3 Å². The molecule has 0 saturated carbocycles. The van der Waals surface area contributed by atoms with E-state index in [4.69, 9.17) is 0 Å². The molecule has 0 aliphatic heterocycles. The van der Waals surface area contributed by atoms with E-state index in [0.29, 0.717) is 12.8 Å². The number of hydrazine groups is 1. The summed E-state index contributed by atoms with van der Waals surface area (Å²) in [6.07, 6.45) is 7.54. The lowest BCUT2D eigenvalue weighted by Crippen LogP contribution is -2.42. The maximum Gasteiger partial charge on any atom is 0.234 e. The second-order valence-corrected chi connectivity index (χ2v) is 6.33. The number of nitrogens with one attached hydrogen (secondary N) is 2. The Balaban J connectivity index is 3.54. The molecule has 0 fully saturated rings. The summed E-state index contributed by atoms with van der Waals surface area (Å²) in [5, 5.41) is 0. The van der Waals surface area contributed by atoms with Gasteiger partial charge in [-0.25, -0.2) is 8.42 Å². The average Bonchev–Trinajstić information content (AvgIpc) is 2.31. The van der Waals surface area contributed by atoms with Crippen LogP contribution in [0.5, 0.6) is 0 Å². The third kappa shape index (κ3) is 10.5. The molecule has 0 aliphatic carbocycles. The highest BCUT2D eigenvalue weighted by atomic mass is 32.2. The maximum absolute atomic E-state index is 11.3. The molecule has 0 saturated heterocycles. The van der Waals surface area contributed by atoms with E-state index in [9.17, 15) is 13.2 Å². The molecule has 0 radical (unpaired) electrons. The van der Waals surface area contributed by atoms with Gasteiger partial charge in [0.05, 0.1) is 5.75 Å². The first kappa shape index (κ1) is 17.4. The highest BCUT2D eigenvalue weighted by Gasteiger charge is 2.09. The fraction of sp³-hybridized carbons (Fsp3) is 0.917. The number of sulfonamides is 1. The van der Waals surface area contributed by atoms with Crippen LogP contribution in [0.1, 0.15) is 65.2 Å². The minimum Gasteiger partial charge on any atom is -0.278 e. The molecule has 0 bridgehead atoms. The van der Waals surface area contributed by atoms with Gasteiger partial charge in [0.1, 0.15) is 0 Å². The molecule has 0 aromatic rings. The molecule has 18 heavy (non-hydrogen) atoms. The van der Waals surface area contributed by atoms with E-state index in [2.05, 4.69) is 17.2 Å². The zero-order chi connectivity index (χ0) is 13.9. The fourth-order valence-corrected chi connectivity index (χ4v) is 2.49. The van der Waals surface area contributed by atoms with Gasteiger partial charge in [-0.15, -0.1) is 4.83 Å². The minimum atomic E-state index is -3.35. The molecule has 0 unspecified atom stereocenters. The van der Waals surface area contributed by atoms with Crippen molar-refractivity contribution in [3.8, 4) is 0 Å². The van der Waals surface area contributed by atoms with Crippen molar-refractivity contribution < 1.29 is 13.2 Å². The predicted molar refractivity (Wildman–Crippen MR) is 73.3 cm³/mol. The Morgan fingerprint density at radius 1 is 0.944 bits per heavy atom. The summed E-state index contributed by atoms with van der Waals surface area (Å²) in [6, 6.07) is 0. The summed E-state index contributed by atoms with van der Waals surface area (Å²) in [4.78, 5) is 13.4. The summed E-state index contributed by atoms with van der Waals surface area (Å²) in [6.45, 7) is 3.94. The summed E-state index contributed by atoms with van der Waals surface area (Å²) in [5.41, 5.74) is 2.23. The number of unbranched alkanes of at least 4 members (excludes halogenated alkanes) is 5. The smallest absolute Gasteiger partial charge is 0.234 e. The average molecular weight is 278 g/mol. The molecule has 6 heteroatoms. The summed E-state index contributed by atoms with van der Waals surface area (Å²) < 4.78 is 22.5. The van der Waals surface area contributed by atoms with E-state index in [1.807, 2.05) is 0 Å². The first-order chi connectivity index (χ1) is 8.52.